The lowest BCUT2D eigenvalue weighted by molar-refractivity contribution is -0.384. The van der Waals surface area contributed by atoms with Crippen LogP contribution in [0.2, 0.25) is 0 Å². The second kappa shape index (κ2) is 6.85. The fourth-order valence-electron chi connectivity index (χ4n) is 1.30. The molecule has 0 saturated carbocycles. The van der Waals surface area contributed by atoms with Gasteiger partial charge in [0.25, 0.3) is 5.69 Å². The lowest BCUT2D eigenvalue weighted by atomic mass is 10.2. The zero-order valence-electron chi connectivity index (χ0n) is 9.19. The number of nitro benzene ring substituents is 1. The van der Waals surface area contributed by atoms with Gasteiger partial charge in [-0.2, -0.15) is 0 Å². The molecule has 92 valence electrons. The Morgan fingerprint density at radius 1 is 1.47 bits per heavy atom. The summed E-state index contributed by atoms with van der Waals surface area (Å²) in [6.07, 6.45) is 1.00. The number of non-ortho nitro benzene ring substituents is 1. The molecule has 1 aromatic carbocycles. The number of carbonyl (C=O) groups is 1. The molecule has 5 nitrogen and oxygen atoms in total. The smallest absolute Gasteiger partial charge is 0.269 e. The van der Waals surface area contributed by atoms with Crippen molar-refractivity contribution >= 4 is 23.2 Å². The van der Waals surface area contributed by atoms with Gasteiger partial charge in [0, 0.05) is 31.0 Å². The third-order valence-corrected chi connectivity index (χ3v) is 2.42. The Balaban J connectivity index is 2.49. The Kier molecular flexibility index (Phi) is 5.42. The molecule has 0 unspecified atom stereocenters. The van der Waals surface area contributed by atoms with Crippen molar-refractivity contribution in [3.63, 3.8) is 0 Å². The van der Waals surface area contributed by atoms with Crippen LogP contribution in [0, 0.1) is 10.1 Å². The minimum Gasteiger partial charge on any atom is -0.352 e. The molecule has 17 heavy (non-hydrogen) atoms. The molecule has 0 spiro atoms. The van der Waals surface area contributed by atoms with Crippen LogP contribution in [0.15, 0.2) is 24.3 Å². The molecule has 1 N–H and O–H groups in total. The molecule has 1 amide bonds. The molecule has 0 bridgehead atoms. The van der Waals surface area contributed by atoms with Gasteiger partial charge in [-0.1, -0.05) is 12.1 Å². The second-order valence-corrected chi connectivity index (χ2v) is 3.87. The van der Waals surface area contributed by atoms with E-state index in [1.54, 1.807) is 12.1 Å². The van der Waals surface area contributed by atoms with Crippen molar-refractivity contribution in [3.8, 4) is 0 Å². The number of carbonyl (C=O) groups excluding carboxylic acids is 1. The van der Waals surface area contributed by atoms with Gasteiger partial charge in [0.2, 0.25) is 5.91 Å². The van der Waals surface area contributed by atoms with E-state index in [0.29, 0.717) is 30.8 Å². The molecule has 0 aliphatic carbocycles. The molecule has 0 saturated heterocycles. The summed E-state index contributed by atoms with van der Waals surface area (Å²) in [7, 11) is 0. The first-order chi connectivity index (χ1) is 8.13. The van der Waals surface area contributed by atoms with Gasteiger partial charge in [0.15, 0.2) is 0 Å². The first-order valence-electron chi connectivity index (χ1n) is 5.19. The number of nitro groups is 1. The summed E-state index contributed by atoms with van der Waals surface area (Å²) in [4.78, 5) is 21.4. The summed E-state index contributed by atoms with van der Waals surface area (Å²) in [5.41, 5.74) is 0.732. The first kappa shape index (κ1) is 13.4. The van der Waals surface area contributed by atoms with E-state index in [1.807, 2.05) is 0 Å². The van der Waals surface area contributed by atoms with E-state index in [4.69, 9.17) is 11.6 Å². The van der Waals surface area contributed by atoms with E-state index in [1.165, 1.54) is 12.1 Å². The molecule has 1 aromatic rings. The Morgan fingerprint density at radius 3 is 2.88 bits per heavy atom. The zero-order valence-corrected chi connectivity index (χ0v) is 9.94. The van der Waals surface area contributed by atoms with E-state index >= 15 is 0 Å². The van der Waals surface area contributed by atoms with E-state index in [2.05, 4.69) is 5.32 Å². The first-order valence-corrected chi connectivity index (χ1v) is 5.73. The van der Waals surface area contributed by atoms with Crippen LogP contribution in [-0.2, 0) is 11.3 Å². The van der Waals surface area contributed by atoms with Crippen LogP contribution in [-0.4, -0.2) is 16.7 Å². The number of hydrogen-bond acceptors (Lipinski definition) is 3. The molecule has 0 radical (unpaired) electrons. The Hall–Kier alpha value is -1.62. The van der Waals surface area contributed by atoms with Gasteiger partial charge < -0.3 is 5.32 Å². The molecular formula is C11H13ClN2O3. The Morgan fingerprint density at radius 2 is 2.24 bits per heavy atom. The Labute approximate surface area is 104 Å². The van der Waals surface area contributed by atoms with Gasteiger partial charge in [-0.3, -0.25) is 14.9 Å². The minimum absolute atomic E-state index is 0.0255. The summed E-state index contributed by atoms with van der Waals surface area (Å²) in [5, 5.41) is 13.2. The maximum absolute atomic E-state index is 11.3. The van der Waals surface area contributed by atoms with E-state index in [9.17, 15) is 14.9 Å². The van der Waals surface area contributed by atoms with Crippen molar-refractivity contribution < 1.29 is 9.72 Å². The van der Waals surface area contributed by atoms with E-state index in [0.717, 1.165) is 0 Å². The highest BCUT2D eigenvalue weighted by molar-refractivity contribution is 6.17. The third kappa shape index (κ3) is 4.82. The third-order valence-electron chi connectivity index (χ3n) is 2.15. The molecule has 0 fully saturated rings. The number of halogens is 1. The van der Waals surface area contributed by atoms with Crippen molar-refractivity contribution in [2.24, 2.45) is 0 Å². The van der Waals surface area contributed by atoms with Gasteiger partial charge in [0.05, 0.1) is 4.92 Å². The topological polar surface area (TPSA) is 72.2 Å². The number of hydrogen-bond donors (Lipinski definition) is 1. The number of nitrogens with zero attached hydrogens (tertiary/aromatic N) is 1. The minimum atomic E-state index is -0.460. The number of alkyl halides is 1. The predicted octanol–water partition coefficient (Wildman–Crippen LogP) is 2.23. The average Bonchev–Trinajstić information content (AvgIpc) is 2.34. The van der Waals surface area contributed by atoms with Crippen LogP contribution in [0.3, 0.4) is 0 Å². The molecule has 0 aliphatic rings. The number of benzene rings is 1. The molecule has 0 atom stereocenters. The van der Waals surface area contributed by atoms with Crippen LogP contribution >= 0.6 is 11.6 Å². The maximum Gasteiger partial charge on any atom is 0.269 e. The lowest BCUT2D eigenvalue weighted by Crippen LogP contribution is -2.22. The summed E-state index contributed by atoms with van der Waals surface area (Å²) < 4.78 is 0. The lowest BCUT2D eigenvalue weighted by Gasteiger charge is -2.04. The van der Waals surface area contributed by atoms with Gasteiger partial charge in [-0.15, -0.1) is 11.6 Å². The van der Waals surface area contributed by atoms with Crippen LogP contribution in [0.4, 0.5) is 5.69 Å². The monoisotopic (exact) mass is 256 g/mol. The summed E-state index contributed by atoms with van der Waals surface area (Å²) >= 11 is 5.46. The van der Waals surface area contributed by atoms with Crippen LogP contribution in [0.25, 0.3) is 0 Å². The normalized spacial score (nSPS) is 9.94. The van der Waals surface area contributed by atoms with Gasteiger partial charge >= 0.3 is 0 Å². The molecular weight excluding hydrogens is 244 g/mol. The Bertz CT molecular complexity index is 409. The summed E-state index contributed by atoms with van der Waals surface area (Å²) in [6, 6.07) is 6.19. The zero-order chi connectivity index (χ0) is 12.7. The van der Waals surface area contributed by atoms with Crippen molar-refractivity contribution in [2.75, 3.05) is 5.88 Å². The number of rotatable bonds is 6. The van der Waals surface area contributed by atoms with Crippen molar-refractivity contribution in [3.05, 3.63) is 39.9 Å². The van der Waals surface area contributed by atoms with Gasteiger partial charge in [0.1, 0.15) is 0 Å². The average molecular weight is 257 g/mol. The molecule has 1 rings (SSSR count). The summed E-state index contributed by atoms with van der Waals surface area (Å²) in [6.45, 7) is 0.294. The van der Waals surface area contributed by atoms with E-state index < -0.39 is 4.92 Å². The molecule has 6 heteroatoms. The standard InChI is InChI=1S/C11H13ClN2O3/c12-6-2-5-11(15)13-8-9-3-1-4-10(7-9)14(16)17/h1,3-4,7H,2,5-6,8H2,(H,13,15). The predicted molar refractivity (Wildman–Crippen MR) is 64.9 cm³/mol. The largest absolute Gasteiger partial charge is 0.352 e. The van der Waals surface area contributed by atoms with E-state index in [-0.39, 0.29) is 11.6 Å². The van der Waals surface area contributed by atoms with Gasteiger partial charge in [-0.25, -0.2) is 0 Å². The van der Waals surface area contributed by atoms with Crippen LogP contribution in [0.5, 0.6) is 0 Å². The molecule has 0 aliphatic heterocycles. The van der Waals surface area contributed by atoms with Crippen LogP contribution < -0.4 is 5.32 Å². The van der Waals surface area contributed by atoms with Crippen molar-refractivity contribution in [1.29, 1.82) is 0 Å². The van der Waals surface area contributed by atoms with Crippen LogP contribution in [0.1, 0.15) is 18.4 Å². The van der Waals surface area contributed by atoms with Crippen molar-refractivity contribution in [1.82, 2.24) is 5.32 Å². The molecule has 0 heterocycles. The van der Waals surface area contributed by atoms with Gasteiger partial charge in [-0.05, 0) is 12.0 Å². The summed E-state index contributed by atoms with van der Waals surface area (Å²) in [5.74, 6) is 0.349. The SMILES string of the molecule is O=C(CCCCl)NCc1cccc([N+](=O)[O-])c1. The molecule has 0 aromatic heterocycles. The fraction of sp³-hybridized carbons (Fsp3) is 0.364. The number of nitrogens with one attached hydrogen (secondary N) is 1. The highest BCUT2D eigenvalue weighted by Crippen LogP contribution is 2.12. The quantitative estimate of drug-likeness (QED) is 0.482. The maximum atomic E-state index is 11.3. The fourth-order valence-corrected chi connectivity index (χ4v) is 1.43. The number of amides is 1. The highest BCUT2D eigenvalue weighted by Gasteiger charge is 2.06. The van der Waals surface area contributed by atoms with Crippen molar-refractivity contribution in [2.45, 2.75) is 19.4 Å². The highest BCUT2D eigenvalue weighted by atomic mass is 35.5. The second-order valence-electron chi connectivity index (χ2n) is 3.50.